The summed E-state index contributed by atoms with van der Waals surface area (Å²) in [6.07, 6.45) is -0.390. The van der Waals surface area contributed by atoms with Crippen molar-refractivity contribution < 1.29 is 14.6 Å². The zero-order chi connectivity index (χ0) is 9.68. The van der Waals surface area contributed by atoms with Crippen molar-refractivity contribution in [2.75, 3.05) is 26.3 Å². The smallest absolute Gasteiger partial charge is 0.0975 e. The van der Waals surface area contributed by atoms with Gasteiger partial charge in [0.05, 0.1) is 24.9 Å². The number of hydrogen-bond donors (Lipinski definition) is 2. The molecule has 1 heterocycles. The van der Waals surface area contributed by atoms with Gasteiger partial charge < -0.3 is 19.9 Å². The van der Waals surface area contributed by atoms with Gasteiger partial charge in [-0.05, 0) is 13.8 Å². The van der Waals surface area contributed by atoms with Crippen molar-refractivity contribution in [1.29, 1.82) is 0 Å². The molecule has 0 aromatic heterocycles. The van der Waals surface area contributed by atoms with Gasteiger partial charge in [-0.15, -0.1) is 0 Å². The van der Waals surface area contributed by atoms with Crippen LogP contribution >= 0.6 is 0 Å². The van der Waals surface area contributed by atoms with E-state index in [0.717, 1.165) is 6.54 Å². The molecule has 0 saturated carbocycles. The summed E-state index contributed by atoms with van der Waals surface area (Å²) >= 11 is 0. The number of hydrogen-bond acceptors (Lipinski definition) is 4. The van der Waals surface area contributed by atoms with Crippen LogP contribution < -0.4 is 5.32 Å². The molecule has 0 amide bonds. The summed E-state index contributed by atoms with van der Waals surface area (Å²) in [6.45, 7) is 6.59. The summed E-state index contributed by atoms with van der Waals surface area (Å²) in [7, 11) is 0. The van der Waals surface area contributed by atoms with Crippen LogP contribution in [0, 0.1) is 0 Å². The number of aliphatic hydroxyl groups excluding tert-OH is 1. The second kappa shape index (κ2) is 5.54. The lowest BCUT2D eigenvalue weighted by Crippen LogP contribution is -2.32. The third kappa shape index (κ3) is 3.60. The van der Waals surface area contributed by atoms with Crippen LogP contribution in [0.15, 0.2) is 0 Å². The Kier molecular flexibility index (Phi) is 4.66. The van der Waals surface area contributed by atoms with Crippen LogP contribution in [0.3, 0.4) is 0 Å². The molecule has 3 unspecified atom stereocenters. The lowest BCUT2D eigenvalue weighted by atomic mass is 10.2. The standard InChI is InChI=1S/C9H19NO3/c1-3-12-6-7(2)13-9-5-10-4-8(9)11/h7-11H,3-6H2,1-2H3. The molecule has 0 aliphatic carbocycles. The van der Waals surface area contributed by atoms with Crippen LogP contribution in [0.5, 0.6) is 0 Å². The van der Waals surface area contributed by atoms with E-state index >= 15 is 0 Å². The Morgan fingerprint density at radius 1 is 1.54 bits per heavy atom. The quantitative estimate of drug-likeness (QED) is 0.627. The lowest BCUT2D eigenvalue weighted by Gasteiger charge is -2.20. The first-order valence-electron chi connectivity index (χ1n) is 4.86. The second-order valence-corrected chi connectivity index (χ2v) is 3.37. The molecular formula is C9H19NO3. The number of nitrogens with one attached hydrogen (secondary N) is 1. The zero-order valence-corrected chi connectivity index (χ0v) is 8.32. The average molecular weight is 189 g/mol. The minimum Gasteiger partial charge on any atom is -0.389 e. The van der Waals surface area contributed by atoms with E-state index in [9.17, 15) is 5.11 Å². The van der Waals surface area contributed by atoms with Crippen molar-refractivity contribution in [1.82, 2.24) is 5.32 Å². The molecule has 1 aliphatic heterocycles. The maximum absolute atomic E-state index is 9.43. The van der Waals surface area contributed by atoms with Crippen LogP contribution in [0.4, 0.5) is 0 Å². The van der Waals surface area contributed by atoms with Crippen molar-refractivity contribution in [2.24, 2.45) is 0 Å². The predicted molar refractivity (Wildman–Crippen MR) is 49.7 cm³/mol. The van der Waals surface area contributed by atoms with Gasteiger partial charge in [0.25, 0.3) is 0 Å². The van der Waals surface area contributed by atoms with Crippen LogP contribution in [0.2, 0.25) is 0 Å². The molecule has 1 fully saturated rings. The molecule has 4 heteroatoms. The number of aliphatic hydroxyl groups is 1. The van der Waals surface area contributed by atoms with Crippen LogP contribution in [-0.2, 0) is 9.47 Å². The van der Waals surface area contributed by atoms with Crippen molar-refractivity contribution >= 4 is 0 Å². The van der Waals surface area contributed by atoms with Crippen molar-refractivity contribution in [3.8, 4) is 0 Å². The van der Waals surface area contributed by atoms with E-state index in [1.165, 1.54) is 0 Å². The Balaban J connectivity index is 2.15. The molecule has 1 saturated heterocycles. The summed E-state index contributed by atoms with van der Waals surface area (Å²) in [5.74, 6) is 0. The summed E-state index contributed by atoms with van der Waals surface area (Å²) in [5.41, 5.74) is 0. The maximum Gasteiger partial charge on any atom is 0.0975 e. The molecule has 0 aromatic carbocycles. The van der Waals surface area contributed by atoms with Gasteiger partial charge in [-0.25, -0.2) is 0 Å². The Bertz CT molecular complexity index is 143. The van der Waals surface area contributed by atoms with Crippen molar-refractivity contribution in [3.05, 3.63) is 0 Å². The molecule has 78 valence electrons. The first kappa shape index (κ1) is 10.9. The fraction of sp³-hybridized carbons (Fsp3) is 1.00. The molecule has 2 N–H and O–H groups in total. The molecule has 0 bridgehead atoms. The monoisotopic (exact) mass is 189 g/mol. The van der Waals surface area contributed by atoms with Gasteiger partial charge in [0.15, 0.2) is 0 Å². The summed E-state index contributed by atoms with van der Waals surface area (Å²) < 4.78 is 10.8. The fourth-order valence-electron chi connectivity index (χ4n) is 1.40. The zero-order valence-electron chi connectivity index (χ0n) is 8.32. The lowest BCUT2D eigenvalue weighted by molar-refractivity contribution is -0.0741. The highest BCUT2D eigenvalue weighted by molar-refractivity contribution is 4.81. The van der Waals surface area contributed by atoms with E-state index in [1.54, 1.807) is 0 Å². The Morgan fingerprint density at radius 3 is 2.85 bits per heavy atom. The van der Waals surface area contributed by atoms with E-state index in [0.29, 0.717) is 19.8 Å². The van der Waals surface area contributed by atoms with Gasteiger partial charge in [0, 0.05) is 19.7 Å². The molecule has 1 aliphatic rings. The van der Waals surface area contributed by atoms with Gasteiger partial charge in [-0.3, -0.25) is 0 Å². The van der Waals surface area contributed by atoms with Crippen LogP contribution in [-0.4, -0.2) is 49.7 Å². The van der Waals surface area contributed by atoms with Gasteiger partial charge in [0.1, 0.15) is 0 Å². The molecule has 0 aromatic rings. The number of rotatable bonds is 5. The number of β-amino-alcohol motifs (C(OH)–C–C–N with tert-alkyl or cyclic N) is 1. The Labute approximate surface area is 79.2 Å². The predicted octanol–water partition coefficient (Wildman–Crippen LogP) is -0.239. The minimum atomic E-state index is -0.371. The van der Waals surface area contributed by atoms with Gasteiger partial charge >= 0.3 is 0 Å². The van der Waals surface area contributed by atoms with E-state index in [4.69, 9.17) is 9.47 Å². The SMILES string of the molecule is CCOCC(C)OC1CNCC1O. The van der Waals surface area contributed by atoms with E-state index in [1.807, 2.05) is 13.8 Å². The first-order valence-corrected chi connectivity index (χ1v) is 4.86. The average Bonchev–Trinajstić information content (AvgIpc) is 2.48. The highest BCUT2D eigenvalue weighted by atomic mass is 16.5. The summed E-state index contributed by atoms with van der Waals surface area (Å²) in [6, 6.07) is 0. The largest absolute Gasteiger partial charge is 0.389 e. The van der Waals surface area contributed by atoms with Crippen molar-refractivity contribution in [2.45, 2.75) is 32.2 Å². The fourth-order valence-corrected chi connectivity index (χ4v) is 1.40. The second-order valence-electron chi connectivity index (χ2n) is 3.37. The highest BCUT2D eigenvalue weighted by Gasteiger charge is 2.26. The van der Waals surface area contributed by atoms with Crippen LogP contribution in [0.1, 0.15) is 13.8 Å². The molecule has 13 heavy (non-hydrogen) atoms. The molecule has 3 atom stereocenters. The Morgan fingerprint density at radius 2 is 2.31 bits per heavy atom. The Hall–Kier alpha value is -0.160. The molecule has 4 nitrogen and oxygen atoms in total. The summed E-state index contributed by atoms with van der Waals surface area (Å²) in [5, 5.41) is 12.5. The van der Waals surface area contributed by atoms with Crippen molar-refractivity contribution in [3.63, 3.8) is 0 Å². The van der Waals surface area contributed by atoms with E-state index in [2.05, 4.69) is 5.32 Å². The van der Waals surface area contributed by atoms with E-state index in [-0.39, 0.29) is 18.3 Å². The van der Waals surface area contributed by atoms with Gasteiger partial charge in [-0.1, -0.05) is 0 Å². The third-order valence-corrected chi connectivity index (χ3v) is 2.09. The van der Waals surface area contributed by atoms with Crippen LogP contribution in [0.25, 0.3) is 0 Å². The maximum atomic E-state index is 9.43. The molecule has 0 spiro atoms. The summed E-state index contributed by atoms with van der Waals surface area (Å²) in [4.78, 5) is 0. The first-order chi connectivity index (χ1) is 6.24. The van der Waals surface area contributed by atoms with Gasteiger partial charge in [-0.2, -0.15) is 0 Å². The highest BCUT2D eigenvalue weighted by Crippen LogP contribution is 2.07. The minimum absolute atomic E-state index is 0.0551. The number of ether oxygens (including phenoxy) is 2. The third-order valence-electron chi connectivity index (χ3n) is 2.09. The topological polar surface area (TPSA) is 50.7 Å². The normalized spacial score (nSPS) is 30.7. The molecule has 0 radical (unpaired) electrons. The molecular weight excluding hydrogens is 170 g/mol. The molecule has 1 rings (SSSR count). The van der Waals surface area contributed by atoms with Gasteiger partial charge in [0.2, 0.25) is 0 Å². The van der Waals surface area contributed by atoms with E-state index < -0.39 is 0 Å².